The van der Waals surface area contributed by atoms with Gasteiger partial charge in [-0.3, -0.25) is 4.79 Å². The van der Waals surface area contributed by atoms with Crippen molar-refractivity contribution in [1.29, 1.82) is 0 Å². The molecule has 3 aromatic carbocycles. The van der Waals surface area contributed by atoms with Crippen molar-refractivity contribution >= 4 is 46.7 Å². The van der Waals surface area contributed by atoms with Crippen molar-refractivity contribution in [2.45, 2.75) is 90.6 Å². The number of aliphatic hydroxyl groups is 1. The van der Waals surface area contributed by atoms with Crippen molar-refractivity contribution in [3.05, 3.63) is 149 Å². The predicted molar refractivity (Wildman–Crippen MR) is 257 cm³/mol. The van der Waals surface area contributed by atoms with E-state index in [2.05, 4.69) is 102 Å². The first-order chi connectivity index (χ1) is 30.8. The van der Waals surface area contributed by atoms with Crippen molar-refractivity contribution < 1.29 is 38.5 Å². The average Bonchev–Trinajstić information content (AvgIpc) is 3.29. The topological polar surface area (TPSA) is 166 Å². The van der Waals surface area contributed by atoms with E-state index in [1.54, 1.807) is 32.1 Å². The molecule has 1 heterocycles. The maximum atomic E-state index is 14.2. The number of carbonyl (C=O) groups excluding carboxylic acids is 4. The number of fused-ring (bicyclic) bond motifs is 2. The number of allylic oxidation sites excluding steroid dienone is 4. The van der Waals surface area contributed by atoms with Crippen LogP contribution in [0.1, 0.15) is 66.2 Å². The summed E-state index contributed by atoms with van der Waals surface area (Å²) in [4.78, 5) is 53.4. The second kappa shape index (κ2) is 24.0. The number of aliphatic hydroxyl groups excluding tert-OH is 1. The first-order valence-electron chi connectivity index (χ1n) is 22.3. The van der Waals surface area contributed by atoms with Crippen LogP contribution in [0.4, 0.5) is 4.79 Å². The van der Waals surface area contributed by atoms with E-state index in [-0.39, 0.29) is 34.9 Å². The fourth-order valence-corrected chi connectivity index (χ4v) is 13.9. The molecule has 5 rings (SSSR count). The quantitative estimate of drug-likeness (QED) is 0.0601. The van der Waals surface area contributed by atoms with Gasteiger partial charge in [-0.2, -0.15) is 0 Å². The maximum absolute atomic E-state index is 14.2. The molecule has 5 N–H and O–H groups in total. The minimum atomic E-state index is -2.34. The summed E-state index contributed by atoms with van der Waals surface area (Å²) in [6, 6.07) is 32.7. The van der Waals surface area contributed by atoms with Gasteiger partial charge in [0.15, 0.2) is 6.10 Å². The third-order valence-corrected chi connectivity index (χ3v) is 17.4. The number of ketones is 2. The molecule has 2 bridgehead atoms. The fraction of sp³-hybridized carbons (Fsp3) is 0.385. The Kier molecular flexibility index (Phi) is 18.6. The summed E-state index contributed by atoms with van der Waals surface area (Å²) in [5.74, 6) is -2.09. The van der Waals surface area contributed by atoms with E-state index in [0.717, 1.165) is 31.8 Å². The molecule has 0 saturated heterocycles. The average molecular weight is 892 g/mol. The number of Topliss-reactive ketones (excluding diaryl/α,β-unsaturated/α-hetero) is 1. The zero-order chi connectivity index (χ0) is 46.2. The van der Waals surface area contributed by atoms with E-state index in [1.807, 2.05) is 13.8 Å². The van der Waals surface area contributed by atoms with Gasteiger partial charge in [-0.05, 0) is 19.4 Å². The molecule has 0 aromatic heterocycles. The second-order valence-corrected chi connectivity index (χ2v) is 21.1. The van der Waals surface area contributed by atoms with Gasteiger partial charge in [0, 0.05) is 25.7 Å². The van der Waals surface area contributed by atoms with Crippen molar-refractivity contribution in [3.63, 3.8) is 0 Å². The summed E-state index contributed by atoms with van der Waals surface area (Å²) in [7, 11) is 0.626. The van der Waals surface area contributed by atoms with Gasteiger partial charge in [-0.1, -0.05) is 31.2 Å². The molecule has 11 nitrogen and oxygen atoms in total. The molecule has 0 spiro atoms. The van der Waals surface area contributed by atoms with Crippen LogP contribution < -0.4 is 32.3 Å². The molecule has 64 heavy (non-hydrogen) atoms. The predicted octanol–water partition coefficient (Wildman–Crippen LogP) is 6.64. The third-order valence-electron chi connectivity index (χ3n) is 12.4. The summed E-state index contributed by atoms with van der Waals surface area (Å²) >= 11 is 0. The first-order valence-corrected chi connectivity index (χ1v) is 24.5. The van der Waals surface area contributed by atoms with E-state index in [9.17, 15) is 24.3 Å². The number of hydrogen-bond donors (Lipinski definition) is 4. The van der Waals surface area contributed by atoms with Crippen LogP contribution in [0.25, 0.3) is 0 Å². The number of unbranched alkanes of at least 4 members (excludes halogenated alkanes) is 3. The Balaban J connectivity index is 1.34. The van der Waals surface area contributed by atoms with E-state index < -0.39 is 61.2 Å². The monoisotopic (exact) mass is 891 g/mol. The number of primary amides is 1. The number of amides is 2. The van der Waals surface area contributed by atoms with E-state index in [0.29, 0.717) is 18.5 Å². The zero-order valence-electron chi connectivity index (χ0n) is 38.1. The molecule has 0 fully saturated rings. The van der Waals surface area contributed by atoms with Crippen molar-refractivity contribution in [3.8, 4) is 0 Å². The first kappa shape index (κ1) is 49.6. The number of nitrogens with one attached hydrogen (secondary N) is 2. The van der Waals surface area contributed by atoms with Gasteiger partial charge in [-0.15, -0.1) is 0 Å². The van der Waals surface area contributed by atoms with Gasteiger partial charge in [0.2, 0.25) is 0 Å². The number of hydrogen-bond acceptors (Lipinski definition) is 9. The second-order valence-electron chi connectivity index (χ2n) is 17.0. The SMILES string of the molecule is CO[C@H]1/C=C\C=C(/C)C(=O)NC2=CC(=O)C(NCCCCCC[PH](c3ccccc3)(c3ccccc3)c3ccccc3)=C(C[C@@H](C)C[C@H](OC)[C@H](O)[C@@H](C)/C=C(\C)[C@@H]1OC(N)=O)C2=O. The molecule has 1 aliphatic heterocycles. The number of carbonyl (C=O) groups is 4. The molecule has 2 aliphatic rings. The Bertz CT molecular complexity index is 2120. The van der Waals surface area contributed by atoms with E-state index >= 15 is 0 Å². The number of methoxy groups -OCH3 is 2. The Morgan fingerprint density at radius 3 is 1.97 bits per heavy atom. The number of ether oxygens (including phenoxy) is 3. The van der Waals surface area contributed by atoms with Crippen molar-refractivity contribution in [2.24, 2.45) is 17.6 Å². The number of nitrogens with two attached hydrogens (primary N) is 1. The Hall–Kier alpha value is -5.45. The molecule has 1 aliphatic carbocycles. The van der Waals surface area contributed by atoms with Crippen LogP contribution in [-0.4, -0.2) is 80.0 Å². The summed E-state index contributed by atoms with van der Waals surface area (Å²) < 4.78 is 16.9. The molecule has 0 unspecified atom stereocenters. The van der Waals surface area contributed by atoms with Gasteiger partial charge in [0.05, 0.1) is 12.2 Å². The summed E-state index contributed by atoms with van der Waals surface area (Å²) in [5.41, 5.74) is 6.68. The van der Waals surface area contributed by atoms with Gasteiger partial charge in [-0.25, -0.2) is 4.79 Å². The number of benzene rings is 3. The van der Waals surface area contributed by atoms with Crippen LogP contribution in [0.3, 0.4) is 0 Å². The van der Waals surface area contributed by atoms with E-state index in [4.69, 9.17) is 19.9 Å². The molecular weight excluding hydrogens is 826 g/mol. The van der Waals surface area contributed by atoms with Crippen LogP contribution >= 0.6 is 7.26 Å². The van der Waals surface area contributed by atoms with Crippen LogP contribution in [0.5, 0.6) is 0 Å². The molecular formula is C52H66N3O8P. The van der Waals surface area contributed by atoms with Gasteiger partial charge in [0.1, 0.15) is 6.10 Å². The summed E-state index contributed by atoms with van der Waals surface area (Å²) in [5, 5.41) is 21.7. The van der Waals surface area contributed by atoms with Gasteiger partial charge < -0.3 is 25.1 Å². The van der Waals surface area contributed by atoms with Crippen molar-refractivity contribution in [2.75, 3.05) is 26.9 Å². The Morgan fingerprint density at radius 1 is 0.844 bits per heavy atom. The minimum absolute atomic E-state index is 0.109. The van der Waals surface area contributed by atoms with Crippen LogP contribution in [-0.2, 0) is 28.6 Å². The molecule has 2 amide bonds. The molecule has 12 heteroatoms. The molecule has 6 atom stereocenters. The molecule has 0 radical (unpaired) electrons. The molecule has 3 aromatic rings. The van der Waals surface area contributed by atoms with Crippen LogP contribution in [0, 0.1) is 11.8 Å². The molecule has 0 saturated carbocycles. The Morgan fingerprint density at radius 2 is 1.42 bits per heavy atom. The zero-order valence-corrected chi connectivity index (χ0v) is 39.1. The number of rotatable bonds is 14. The third kappa shape index (κ3) is 12.6. The Labute approximate surface area is 379 Å². The van der Waals surface area contributed by atoms with Gasteiger partial charge >= 0.3 is 239 Å². The standard InChI is InChI=1S/C52H66N3O8P/c1-35-31-42-47(54-29-18-7-8-19-30-64(39-22-12-9-13-23-39,40-24-14-10-15-25-40)41-26-16-11-17-27-41)44(56)34-43(49(42)58)55-51(59)36(2)21-20-28-45(61-5)50(63-52(53)60)38(4)33-37(3)48(57)46(32-35)62-6/h9-17,20-28,33-35,37,45-46,48,50,54,57,64H,7-8,18-19,29-32H2,1-6H3,(H2,53,60)(H,55,59)/b28-20-,36-21+,38-33+/t35-,37+,45+,46+,48-,50+/m1/s1. The fourth-order valence-electron chi connectivity index (χ4n) is 8.96. The summed E-state index contributed by atoms with van der Waals surface area (Å²) in [6.07, 6.45) is 8.67. The normalized spacial score (nSPS) is 25.2. The summed E-state index contributed by atoms with van der Waals surface area (Å²) in [6.45, 7) is 7.59. The van der Waals surface area contributed by atoms with Gasteiger partial charge in [0.25, 0.3) is 5.91 Å². The van der Waals surface area contributed by atoms with Crippen molar-refractivity contribution in [1.82, 2.24) is 10.6 Å². The molecule has 342 valence electrons. The van der Waals surface area contributed by atoms with E-state index in [1.165, 1.54) is 42.3 Å². The van der Waals surface area contributed by atoms with Crippen LogP contribution in [0.15, 0.2) is 149 Å². The van der Waals surface area contributed by atoms with Crippen LogP contribution in [0.2, 0.25) is 0 Å².